The zero-order valence-electron chi connectivity index (χ0n) is 27.7. The van der Waals surface area contributed by atoms with E-state index in [1.54, 1.807) is 25.7 Å². The number of hydrogen-bond acceptors (Lipinski definition) is 6. The number of nitrogens with zero attached hydrogens (tertiary/aromatic N) is 1. The molecule has 2 aromatic carbocycles. The number of carbonyl (C=O) groups excluding carboxylic acids is 4. The van der Waals surface area contributed by atoms with Crippen LogP contribution in [0.25, 0.3) is 11.1 Å². The molecule has 4 rings (SSSR count). The van der Waals surface area contributed by atoms with Gasteiger partial charge in [-0.2, -0.15) is 0 Å². The van der Waals surface area contributed by atoms with Gasteiger partial charge in [-0.25, -0.2) is 9.59 Å². The number of esters is 1. The van der Waals surface area contributed by atoms with E-state index in [9.17, 15) is 19.2 Å². The lowest BCUT2D eigenvalue weighted by Crippen LogP contribution is -2.59. The predicted octanol–water partition coefficient (Wildman–Crippen LogP) is 5.80. The lowest BCUT2D eigenvalue weighted by atomic mass is 9.94. The molecule has 2 aliphatic rings. The Morgan fingerprint density at radius 3 is 1.98 bits per heavy atom. The minimum absolute atomic E-state index is 0.107. The van der Waals surface area contributed by atoms with E-state index in [2.05, 4.69) is 34.9 Å². The zero-order chi connectivity index (χ0) is 32.9. The highest BCUT2D eigenvalue weighted by molar-refractivity contribution is 5.93. The van der Waals surface area contributed by atoms with E-state index >= 15 is 0 Å². The van der Waals surface area contributed by atoms with Gasteiger partial charge in [0, 0.05) is 12.5 Å². The number of likely N-dealkylation sites (tertiary alicyclic amines) is 1. The molecule has 2 aromatic rings. The van der Waals surface area contributed by atoms with Crippen LogP contribution < -0.4 is 10.6 Å². The number of carbonyl (C=O) groups is 4. The molecule has 0 radical (unpaired) electrons. The average Bonchev–Trinajstić information content (AvgIpc) is 3.63. The molecular formula is C36H49N3O6. The second-order valence-corrected chi connectivity index (χ2v) is 13.4. The van der Waals surface area contributed by atoms with Crippen LogP contribution in [-0.2, 0) is 23.9 Å². The van der Waals surface area contributed by atoms with Crippen molar-refractivity contribution in [2.45, 2.75) is 104 Å². The highest BCUT2D eigenvalue weighted by Gasteiger charge is 2.42. The topological polar surface area (TPSA) is 114 Å². The van der Waals surface area contributed by atoms with Gasteiger partial charge in [0.1, 0.15) is 30.3 Å². The molecular weight excluding hydrogens is 570 g/mol. The quantitative estimate of drug-likeness (QED) is 0.307. The van der Waals surface area contributed by atoms with Crippen molar-refractivity contribution in [2.24, 2.45) is 11.8 Å². The van der Waals surface area contributed by atoms with Gasteiger partial charge in [-0.3, -0.25) is 9.59 Å². The van der Waals surface area contributed by atoms with Gasteiger partial charge in [0.15, 0.2) is 0 Å². The molecule has 244 valence electrons. The van der Waals surface area contributed by atoms with E-state index in [0.29, 0.717) is 32.2 Å². The molecule has 1 aliphatic carbocycles. The summed E-state index contributed by atoms with van der Waals surface area (Å²) in [5.41, 5.74) is 3.79. The van der Waals surface area contributed by atoms with Crippen molar-refractivity contribution in [3.63, 3.8) is 0 Å². The van der Waals surface area contributed by atoms with E-state index in [1.165, 1.54) is 0 Å². The third kappa shape index (κ3) is 7.86. The van der Waals surface area contributed by atoms with E-state index in [4.69, 9.17) is 9.47 Å². The third-order valence-corrected chi connectivity index (χ3v) is 9.10. The number of fused-ring (bicyclic) bond motifs is 3. The summed E-state index contributed by atoms with van der Waals surface area (Å²) in [7, 11) is 0. The number of ether oxygens (including phenoxy) is 2. The fraction of sp³-hybridized carbons (Fsp3) is 0.556. The maximum Gasteiger partial charge on any atom is 0.407 e. The number of benzene rings is 2. The van der Waals surface area contributed by atoms with Gasteiger partial charge in [-0.1, -0.05) is 89.1 Å². The molecule has 0 bridgehead atoms. The Labute approximate surface area is 267 Å². The van der Waals surface area contributed by atoms with Crippen molar-refractivity contribution in [1.82, 2.24) is 15.5 Å². The van der Waals surface area contributed by atoms with Crippen LogP contribution in [0.2, 0.25) is 0 Å². The molecule has 5 atom stereocenters. The summed E-state index contributed by atoms with van der Waals surface area (Å²) in [5.74, 6) is -1.73. The molecule has 0 unspecified atom stereocenters. The second-order valence-electron chi connectivity index (χ2n) is 13.4. The van der Waals surface area contributed by atoms with Crippen LogP contribution in [0.1, 0.15) is 91.2 Å². The molecule has 0 spiro atoms. The highest BCUT2D eigenvalue weighted by Crippen LogP contribution is 2.44. The predicted molar refractivity (Wildman–Crippen MR) is 173 cm³/mol. The van der Waals surface area contributed by atoms with Crippen molar-refractivity contribution >= 4 is 23.9 Å². The van der Waals surface area contributed by atoms with Gasteiger partial charge < -0.3 is 25.0 Å². The van der Waals surface area contributed by atoms with Crippen LogP contribution in [-0.4, -0.2) is 65.7 Å². The van der Waals surface area contributed by atoms with Gasteiger partial charge in [-0.15, -0.1) is 0 Å². The minimum atomic E-state index is -0.912. The van der Waals surface area contributed by atoms with Crippen molar-refractivity contribution in [3.8, 4) is 11.1 Å². The molecule has 9 heteroatoms. The SMILES string of the molecule is CC[C@H](C)[C@H](NC(=O)OCC1c2ccccc2-c2ccccc21)C(=O)N[C@H](C(=O)N1CCC[C@H]1C(=O)OC(C)(C)C)[C@@H](C)CC. The number of rotatable bonds is 11. The largest absolute Gasteiger partial charge is 0.458 e. The Kier molecular flexibility index (Phi) is 10.9. The molecule has 3 amide bonds. The fourth-order valence-electron chi connectivity index (χ4n) is 6.22. The van der Waals surface area contributed by atoms with E-state index in [0.717, 1.165) is 22.3 Å². The summed E-state index contributed by atoms with van der Waals surface area (Å²) in [6.07, 6.45) is 1.76. The minimum Gasteiger partial charge on any atom is -0.458 e. The van der Waals surface area contributed by atoms with Gasteiger partial charge in [0.05, 0.1) is 0 Å². The molecule has 2 N–H and O–H groups in total. The highest BCUT2D eigenvalue weighted by atomic mass is 16.6. The first kappa shape index (κ1) is 34.0. The van der Waals surface area contributed by atoms with Crippen LogP contribution >= 0.6 is 0 Å². The van der Waals surface area contributed by atoms with Gasteiger partial charge >= 0.3 is 12.1 Å². The van der Waals surface area contributed by atoms with Crippen molar-refractivity contribution in [2.75, 3.05) is 13.2 Å². The first-order chi connectivity index (χ1) is 21.4. The number of hydrogen-bond donors (Lipinski definition) is 2. The number of amides is 3. The van der Waals surface area contributed by atoms with Crippen molar-refractivity contribution < 1.29 is 28.7 Å². The molecule has 0 aromatic heterocycles. The third-order valence-electron chi connectivity index (χ3n) is 9.10. The monoisotopic (exact) mass is 619 g/mol. The van der Waals surface area contributed by atoms with E-state index in [1.807, 2.05) is 52.0 Å². The van der Waals surface area contributed by atoms with Crippen LogP contribution in [0.15, 0.2) is 48.5 Å². The maximum atomic E-state index is 13.9. The van der Waals surface area contributed by atoms with Crippen molar-refractivity contribution in [3.05, 3.63) is 59.7 Å². The summed E-state index contributed by atoms with van der Waals surface area (Å²) in [5, 5.41) is 5.73. The summed E-state index contributed by atoms with van der Waals surface area (Å²) in [4.78, 5) is 55.3. The standard InChI is InChI=1S/C36H49N3O6/c1-8-22(3)30(38-35(43)44-21-28-26-17-12-10-15-24(26)25-16-11-13-18-27(25)28)32(40)37-31(23(4)9-2)33(41)39-20-14-19-29(39)34(42)45-36(5,6)7/h10-13,15-18,22-23,28-31H,8-9,14,19-21H2,1-7H3,(H,37,40)(H,38,43)/t22-,23-,29-,30-,31-/m0/s1. The molecule has 45 heavy (non-hydrogen) atoms. The molecule has 9 nitrogen and oxygen atoms in total. The van der Waals surface area contributed by atoms with E-state index in [-0.39, 0.29) is 30.3 Å². The molecule has 1 heterocycles. The summed E-state index contributed by atoms with van der Waals surface area (Å²) >= 11 is 0. The second kappa shape index (κ2) is 14.5. The smallest absolute Gasteiger partial charge is 0.407 e. The Hall–Kier alpha value is -3.88. The van der Waals surface area contributed by atoms with Crippen LogP contribution in [0, 0.1) is 11.8 Å². The van der Waals surface area contributed by atoms with Crippen LogP contribution in [0.4, 0.5) is 4.79 Å². The van der Waals surface area contributed by atoms with Crippen molar-refractivity contribution in [1.29, 1.82) is 0 Å². The van der Waals surface area contributed by atoms with Gasteiger partial charge in [0.2, 0.25) is 11.8 Å². The first-order valence-corrected chi connectivity index (χ1v) is 16.3. The Morgan fingerprint density at radius 1 is 0.867 bits per heavy atom. The first-order valence-electron chi connectivity index (χ1n) is 16.3. The molecule has 1 saturated heterocycles. The summed E-state index contributed by atoms with van der Waals surface area (Å²) in [6, 6.07) is 13.7. The van der Waals surface area contributed by atoms with Crippen LogP contribution in [0.3, 0.4) is 0 Å². The Balaban J connectivity index is 1.45. The number of alkyl carbamates (subject to hydrolysis) is 1. The molecule has 1 aliphatic heterocycles. The zero-order valence-corrected chi connectivity index (χ0v) is 27.7. The van der Waals surface area contributed by atoms with Gasteiger partial charge in [0.25, 0.3) is 0 Å². The van der Waals surface area contributed by atoms with Gasteiger partial charge in [-0.05, 0) is 67.7 Å². The molecule has 1 fully saturated rings. The van der Waals surface area contributed by atoms with Crippen LogP contribution in [0.5, 0.6) is 0 Å². The average molecular weight is 620 g/mol. The van der Waals surface area contributed by atoms with E-state index < -0.39 is 41.7 Å². The normalized spacial score (nSPS) is 18.6. The lowest BCUT2D eigenvalue weighted by Gasteiger charge is -2.33. The number of nitrogens with one attached hydrogen (secondary N) is 2. The summed E-state index contributed by atoms with van der Waals surface area (Å²) < 4.78 is 11.3. The Morgan fingerprint density at radius 2 is 1.42 bits per heavy atom. The summed E-state index contributed by atoms with van der Waals surface area (Å²) in [6.45, 7) is 13.6. The lowest BCUT2D eigenvalue weighted by molar-refractivity contribution is -0.163. The maximum absolute atomic E-state index is 13.9. The molecule has 0 saturated carbocycles. The fourth-order valence-corrected chi connectivity index (χ4v) is 6.22. The Bertz CT molecular complexity index is 1340.